The molecule has 21 heavy (non-hydrogen) atoms. The predicted molar refractivity (Wildman–Crippen MR) is 88.3 cm³/mol. The lowest BCUT2D eigenvalue weighted by Crippen LogP contribution is -2.40. The number of rotatable bonds is 5. The Morgan fingerprint density at radius 1 is 1.29 bits per heavy atom. The third kappa shape index (κ3) is 3.42. The van der Waals surface area contributed by atoms with Crippen molar-refractivity contribution < 1.29 is 0 Å². The molecule has 1 aromatic heterocycles. The van der Waals surface area contributed by atoms with E-state index in [4.69, 9.17) is 0 Å². The molecule has 112 valence electrons. The molecule has 2 aromatic rings. The maximum atomic E-state index is 4.58. The van der Waals surface area contributed by atoms with Crippen LogP contribution in [0, 0.1) is 0 Å². The lowest BCUT2D eigenvalue weighted by molar-refractivity contribution is 0.194. The van der Waals surface area contributed by atoms with E-state index in [1.54, 1.807) is 0 Å². The Balaban J connectivity index is 1.80. The first-order valence-electron chi connectivity index (χ1n) is 8.04. The minimum absolute atomic E-state index is 0.548. The fourth-order valence-corrected chi connectivity index (χ4v) is 3.17. The van der Waals surface area contributed by atoms with Crippen molar-refractivity contribution in [1.82, 2.24) is 15.2 Å². The van der Waals surface area contributed by atoms with Gasteiger partial charge in [0.05, 0.1) is 5.52 Å². The van der Waals surface area contributed by atoms with Crippen LogP contribution in [0.4, 0.5) is 0 Å². The molecule has 1 atom stereocenters. The Hall–Kier alpha value is -1.45. The summed E-state index contributed by atoms with van der Waals surface area (Å²) in [6.45, 7) is 7.85. The molecule has 1 aliphatic heterocycles. The van der Waals surface area contributed by atoms with Gasteiger partial charge in [-0.2, -0.15) is 0 Å². The fourth-order valence-electron chi connectivity index (χ4n) is 3.17. The van der Waals surface area contributed by atoms with Crippen molar-refractivity contribution >= 4 is 10.9 Å². The smallest absolute Gasteiger partial charge is 0.0746 e. The molecule has 3 rings (SSSR count). The molecule has 3 heteroatoms. The van der Waals surface area contributed by atoms with Gasteiger partial charge in [0.15, 0.2) is 0 Å². The first kappa shape index (κ1) is 14.5. The number of hydrogen-bond donors (Lipinski definition) is 1. The molecule has 1 aromatic carbocycles. The summed E-state index contributed by atoms with van der Waals surface area (Å²) in [4.78, 5) is 7.15. The van der Waals surface area contributed by atoms with Gasteiger partial charge in [-0.15, -0.1) is 0 Å². The van der Waals surface area contributed by atoms with E-state index in [0.29, 0.717) is 12.1 Å². The van der Waals surface area contributed by atoms with E-state index >= 15 is 0 Å². The van der Waals surface area contributed by atoms with Crippen LogP contribution in [0.25, 0.3) is 10.9 Å². The molecular weight excluding hydrogens is 258 g/mol. The van der Waals surface area contributed by atoms with Crippen molar-refractivity contribution in [3.63, 3.8) is 0 Å². The largest absolute Gasteiger partial charge is 0.313 e. The monoisotopic (exact) mass is 283 g/mol. The van der Waals surface area contributed by atoms with Crippen molar-refractivity contribution in [1.29, 1.82) is 0 Å². The summed E-state index contributed by atoms with van der Waals surface area (Å²) < 4.78 is 0. The molecule has 0 spiro atoms. The number of aromatic nitrogens is 1. The Bertz CT molecular complexity index is 583. The number of benzene rings is 1. The highest BCUT2D eigenvalue weighted by molar-refractivity contribution is 5.81. The molecule has 0 amide bonds. The predicted octanol–water partition coefficient (Wildman–Crippen LogP) is 3.20. The Labute approximate surface area is 127 Å². The molecule has 1 unspecified atom stereocenters. The van der Waals surface area contributed by atoms with Crippen LogP contribution in [0.3, 0.4) is 0 Å². The van der Waals surface area contributed by atoms with Crippen molar-refractivity contribution in [3.8, 4) is 0 Å². The summed E-state index contributed by atoms with van der Waals surface area (Å²) in [5, 5.41) is 4.84. The van der Waals surface area contributed by atoms with Crippen LogP contribution in [0.2, 0.25) is 0 Å². The van der Waals surface area contributed by atoms with Crippen molar-refractivity contribution in [2.45, 2.75) is 45.3 Å². The van der Waals surface area contributed by atoms with Crippen molar-refractivity contribution in [2.75, 3.05) is 13.1 Å². The van der Waals surface area contributed by atoms with E-state index in [1.165, 1.54) is 30.3 Å². The average molecular weight is 283 g/mol. The standard InChI is InChI=1S/C18H25N3/c1-14(2)21(13-17-9-5-10-19-17)12-16-7-3-6-15-8-4-11-20-18(15)16/h3-4,6-8,11,14,17,19H,5,9-10,12-13H2,1-2H3. The Kier molecular flexibility index (Phi) is 4.51. The summed E-state index contributed by atoms with van der Waals surface area (Å²) in [7, 11) is 0. The van der Waals surface area contributed by atoms with Crippen molar-refractivity contribution in [2.24, 2.45) is 0 Å². The minimum atomic E-state index is 0.548. The van der Waals surface area contributed by atoms with Gasteiger partial charge in [-0.3, -0.25) is 9.88 Å². The lowest BCUT2D eigenvalue weighted by atomic mass is 10.1. The van der Waals surface area contributed by atoms with Crippen molar-refractivity contribution in [3.05, 3.63) is 42.1 Å². The lowest BCUT2D eigenvalue weighted by Gasteiger charge is -2.29. The third-order valence-corrected chi connectivity index (χ3v) is 4.44. The third-order valence-electron chi connectivity index (χ3n) is 4.44. The summed E-state index contributed by atoms with van der Waals surface area (Å²) in [5.41, 5.74) is 2.48. The van der Waals surface area contributed by atoms with E-state index in [1.807, 2.05) is 12.3 Å². The van der Waals surface area contributed by atoms with Gasteiger partial charge in [-0.25, -0.2) is 0 Å². The molecule has 2 heterocycles. The van der Waals surface area contributed by atoms with E-state index in [2.05, 4.69) is 53.3 Å². The molecule has 1 aliphatic rings. The highest BCUT2D eigenvalue weighted by Gasteiger charge is 2.20. The Morgan fingerprint density at radius 3 is 2.90 bits per heavy atom. The molecule has 0 radical (unpaired) electrons. The second-order valence-electron chi connectivity index (χ2n) is 6.31. The van der Waals surface area contributed by atoms with Crippen LogP contribution in [-0.4, -0.2) is 35.1 Å². The zero-order valence-electron chi connectivity index (χ0n) is 13.0. The minimum Gasteiger partial charge on any atom is -0.313 e. The highest BCUT2D eigenvalue weighted by Crippen LogP contribution is 2.19. The van der Waals surface area contributed by atoms with Gasteiger partial charge in [0.2, 0.25) is 0 Å². The summed E-state index contributed by atoms with van der Waals surface area (Å²) in [6.07, 6.45) is 4.51. The van der Waals surface area contributed by atoms with Gasteiger partial charge in [0.25, 0.3) is 0 Å². The van der Waals surface area contributed by atoms with Gasteiger partial charge in [-0.1, -0.05) is 24.3 Å². The summed E-state index contributed by atoms with van der Waals surface area (Å²) in [6, 6.07) is 11.9. The van der Waals surface area contributed by atoms with Crippen LogP contribution in [0.1, 0.15) is 32.3 Å². The van der Waals surface area contributed by atoms with E-state index in [-0.39, 0.29) is 0 Å². The van der Waals surface area contributed by atoms with Crippen LogP contribution in [0.5, 0.6) is 0 Å². The number of pyridine rings is 1. The Morgan fingerprint density at radius 2 is 2.14 bits per heavy atom. The molecule has 1 saturated heterocycles. The number of hydrogen-bond acceptors (Lipinski definition) is 3. The van der Waals surface area contributed by atoms with Crippen LogP contribution in [-0.2, 0) is 6.54 Å². The fraction of sp³-hybridized carbons (Fsp3) is 0.500. The van der Waals surface area contributed by atoms with Gasteiger partial charge < -0.3 is 5.32 Å². The number of nitrogens with one attached hydrogen (secondary N) is 1. The second kappa shape index (κ2) is 6.54. The zero-order valence-corrected chi connectivity index (χ0v) is 13.0. The molecule has 1 N–H and O–H groups in total. The van der Waals surface area contributed by atoms with Crippen LogP contribution >= 0.6 is 0 Å². The average Bonchev–Trinajstić information content (AvgIpc) is 3.00. The topological polar surface area (TPSA) is 28.2 Å². The maximum Gasteiger partial charge on any atom is 0.0746 e. The molecule has 0 aliphatic carbocycles. The SMILES string of the molecule is CC(C)N(Cc1cccc2cccnc12)CC1CCCN1. The number of fused-ring (bicyclic) bond motifs is 1. The quantitative estimate of drug-likeness (QED) is 0.913. The zero-order chi connectivity index (χ0) is 14.7. The van der Waals surface area contributed by atoms with Crippen LogP contribution in [0.15, 0.2) is 36.5 Å². The summed E-state index contributed by atoms with van der Waals surface area (Å²) >= 11 is 0. The first-order valence-corrected chi connectivity index (χ1v) is 8.04. The maximum absolute atomic E-state index is 4.58. The first-order chi connectivity index (χ1) is 10.2. The van der Waals surface area contributed by atoms with Gasteiger partial charge in [-0.05, 0) is 44.9 Å². The molecule has 1 fully saturated rings. The second-order valence-corrected chi connectivity index (χ2v) is 6.31. The van der Waals surface area contributed by atoms with E-state index in [9.17, 15) is 0 Å². The van der Waals surface area contributed by atoms with Gasteiger partial charge >= 0.3 is 0 Å². The van der Waals surface area contributed by atoms with Crippen LogP contribution < -0.4 is 5.32 Å². The molecule has 3 nitrogen and oxygen atoms in total. The molecule has 0 saturated carbocycles. The highest BCUT2D eigenvalue weighted by atomic mass is 15.2. The number of para-hydroxylation sites is 1. The molecule has 0 bridgehead atoms. The molecular formula is C18H25N3. The van der Waals surface area contributed by atoms with Gasteiger partial charge in [0, 0.05) is 36.8 Å². The summed E-state index contributed by atoms with van der Waals surface area (Å²) in [5.74, 6) is 0. The van der Waals surface area contributed by atoms with E-state index in [0.717, 1.165) is 18.6 Å². The van der Waals surface area contributed by atoms with E-state index < -0.39 is 0 Å². The normalized spacial score (nSPS) is 19.0. The number of nitrogens with zero attached hydrogens (tertiary/aromatic N) is 2. The van der Waals surface area contributed by atoms with Gasteiger partial charge in [0.1, 0.15) is 0 Å².